The molecule has 0 fully saturated rings. The van der Waals surface area contributed by atoms with Crippen LogP contribution in [0.5, 0.6) is 0 Å². The van der Waals surface area contributed by atoms with Crippen molar-refractivity contribution in [1.82, 2.24) is 4.98 Å². The monoisotopic (exact) mass is 303 g/mol. The molecule has 0 bridgehead atoms. The number of H-pyrrole nitrogens is 1. The highest BCUT2D eigenvalue weighted by Gasteiger charge is 2.21. The molecule has 5 nitrogen and oxygen atoms in total. The maximum Gasteiger partial charge on any atom is 0.355 e. The van der Waals surface area contributed by atoms with Crippen LogP contribution in [0.4, 0.5) is 4.39 Å². The van der Waals surface area contributed by atoms with Gasteiger partial charge in [-0.2, -0.15) is 0 Å². The van der Waals surface area contributed by atoms with E-state index >= 15 is 0 Å². The van der Waals surface area contributed by atoms with Gasteiger partial charge in [-0.25, -0.2) is 9.18 Å². The van der Waals surface area contributed by atoms with E-state index in [1.165, 1.54) is 38.2 Å². The third-order valence-corrected chi connectivity index (χ3v) is 3.09. The van der Waals surface area contributed by atoms with Gasteiger partial charge in [0.25, 0.3) is 0 Å². The predicted octanol–water partition coefficient (Wildman–Crippen LogP) is 2.78. The summed E-state index contributed by atoms with van der Waals surface area (Å²) < 4.78 is 17.9. The van der Waals surface area contributed by atoms with E-state index in [-0.39, 0.29) is 17.0 Å². The molecule has 0 aliphatic rings. The summed E-state index contributed by atoms with van der Waals surface area (Å²) >= 11 is 0. The maximum absolute atomic E-state index is 12.8. The van der Waals surface area contributed by atoms with Crippen LogP contribution in [0.15, 0.2) is 36.5 Å². The van der Waals surface area contributed by atoms with Crippen LogP contribution in [0.1, 0.15) is 45.1 Å². The SMILES string of the molecule is CC(=O)c1c[nH]c(C(=O)O[C@@H](C)C(=O)c2ccc(F)cc2)c1. The smallest absolute Gasteiger partial charge is 0.355 e. The van der Waals surface area contributed by atoms with Crippen LogP contribution >= 0.6 is 0 Å². The highest BCUT2D eigenvalue weighted by molar-refractivity contribution is 6.02. The van der Waals surface area contributed by atoms with Crippen LogP contribution in [-0.4, -0.2) is 28.6 Å². The number of halogens is 1. The standard InChI is InChI=1S/C16H14FNO4/c1-9(19)12-7-14(18-8-12)16(21)22-10(2)15(20)11-3-5-13(17)6-4-11/h3-8,10,18H,1-2H3/t10-/m0/s1. The van der Waals surface area contributed by atoms with Crippen molar-refractivity contribution in [3.8, 4) is 0 Å². The Kier molecular flexibility index (Phi) is 4.50. The molecular weight excluding hydrogens is 289 g/mol. The quantitative estimate of drug-likeness (QED) is 0.680. The summed E-state index contributed by atoms with van der Waals surface area (Å²) in [5, 5.41) is 0. The van der Waals surface area contributed by atoms with Gasteiger partial charge in [0, 0.05) is 17.3 Å². The van der Waals surface area contributed by atoms with Gasteiger partial charge in [-0.15, -0.1) is 0 Å². The number of aromatic amines is 1. The highest BCUT2D eigenvalue weighted by atomic mass is 19.1. The molecule has 0 aliphatic heterocycles. The second kappa shape index (κ2) is 6.34. The predicted molar refractivity (Wildman–Crippen MR) is 76.4 cm³/mol. The number of benzene rings is 1. The Hall–Kier alpha value is -2.76. The Balaban J connectivity index is 2.05. The van der Waals surface area contributed by atoms with Crippen LogP contribution < -0.4 is 0 Å². The number of Topliss-reactive ketones (excluding diaryl/α,β-unsaturated/α-hetero) is 2. The first-order chi connectivity index (χ1) is 10.4. The molecule has 0 radical (unpaired) electrons. The van der Waals surface area contributed by atoms with Crippen molar-refractivity contribution in [2.45, 2.75) is 20.0 Å². The molecular formula is C16H14FNO4. The van der Waals surface area contributed by atoms with Gasteiger partial charge in [-0.05, 0) is 44.2 Å². The Morgan fingerprint density at radius 3 is 2.32 bits per heavy atom. The van der Waals surface area contributed by atoms with Crippen molar-refractivity contribution in [2.24, 2.45) is 0 Å². The number of hydrogen-bond donors (Lipinski definition) is 1. The summed E-state index contributed by atoms with van der Waals surface area (Å²) in [7, 11) is 0. The number of hydrogen-bond acceptors (Lipinski definition) is 4. The molecule has 2 aromatic rings. The van der Waals surface area contributed by atoms with Gasteiger partial charge in [-0.1, -0.05) is 0 Å². The second-order valence-corrected chi connectivity index (χ2v) is 4.78. The van der Waals surface area contributed by atoms with Crippen molar-refractivity contribution in [3.63, 3.8) is 0 Å². The van der Waals surface area contributed by atoms with Gasteiger partial charge in [0.15, 0.2) is 11.9 Å². The fraction of sp³-hybridized carbons (Fsp3) is 0.188. The Bertz CT molecular complexity index is 718. The number of carbonyl (C=O) groups excluding carboxylic acids is 3. The van der Waals surface area contributed by atoms with Crippen molar-refractivity contribution >= 4 is 17.5 Å². The van der Waals surface area contributed by atoms with E-state index in [9.17, 15) is 18.8 Å². The molecule has 0 spiro atoms. The first kappa shape index (κ1) is 15.6. The molecule has 1 atom stereocenters. The maximum atomic E-state index is 12.8. The van der Waals surface area contributed by atoms with Gasteiger partial charge >= 0.3 is 5.97 Å². The lowest BCUT2D eigenvalue weighted by Gasteiger charge is -2.11. The van der Waals surface area contributed by atoms with Crippen LogP contribution in [0.2, 0.25) is 0 Å². The van der Waals surface area contributed by atoms with E-state index in [0.717, 1.165) is 12.1 Å². The molecule has 0 saturated carbocycles. The summed E-state index contributed by atoms with van der Waals surface area (Å²) in [6.45, 7) is 2.80. The van der Waals surface area contributed by atoms with Crippen molar-refractivity contribution in [3.05, 3.63) is 59.2 Å². The summed E-state index contributed by atoms with van der Waals surface area (Å²) in [4.78, 5) is 37.8. The van der Waals surface area contributed by atoms with Gasteiger partial charge in [0.2, 0.25) is 5.78 Å². The lowest BCUT2D eigenvalue weighted by atomic mass is 10.1. The molecule has 6 heteroatoms. The van der Waals surface area contributed by atoms with Crippen LogP contribution in [0.3, 0.4) is 0 Å². The van der Waals surface area contributed by atoms with Gasteiger partial charge in [-0.3, -0.25) is 9.59 Å². The normalized spacial score (nSPS) is 11.8. The average molecular weight is 303 g/mol. The third kappa shape index (κ3) is 3.46. The molecule has 0 amide bonds. The van der Waals surface area contributed by atoms with Gasteiger partial charge in [0.1, 0.15) is 11.5 Å². The van der Waals surface area contributed by atoms with Crippen molar-refractivity contribution < 1.29 is 23.5 Å². The van der Waals surface area contributed by atoms with Crippen molar-refractivity contribution in [1.29, 1.82) is 0 Å². The molecule has 1 aromatic heterocycles. The Labute approximate surface area is 126 Å². The lowest BCUT2D eigenvalue weighted by Crippen LogP contribution is -2.24. The lowest BCUT2D eigenvalue weighted by molar-refractivity contribution is 0.0313. The van der Waals surface area contributed by atoms with Gasteiger partial charge in [0.05, 0.1) is 0 Å². The molecule has 114 valence electrons. The fourth-order valence-corrected chi connectivity index (χ4v) is 1.84. The molecule has 22 heavy (non-hydrogen) atoms. The van der Waals surface area contributed by atoms with E-state index in [1.807, 2.05) is 0 Å². The van der Waals surface area contributed by atoms with E-state index in [1.54, 1.807) is 0 Å². The molecule has 2 rings (SSSR count). The Morgan fingerprint density at radius 2 is 1.77 bits per heavy atom. The molecule has 1 N–H and O–H groups in total. The number of carbonyl (C=O) groups is 3. The third-order valence-electron chi connectivity index (χ3n) is 3.09. The number of esters is 1. The summed E-state index contributed by atoms with van der Waals surface area (Å²) in [6.07, 6.45) is 0.368. The van der Waals surface area contributed by atoms with Crippen molar-refractivity contribution in [2.75, 3.05) is 0 Å². The number of rotatable bonds is 5. The van der Waals surface area contributed by atoms with E-state index in [0.29, 0.717) is 5.56 Å². The number of nitrogens with one attached hydrogen (secondary N) is 1. The first-order valence-corrected chi connectivity index (χ1v) is 6.58. The number of aromatic nitrogens is 1. The van der Waals surface area contributed by atoms with Gasteiger partial charge < -0.3 is 9.72 Å². The molecule has 1 aromatic carbocycles. The van der Waals surface area contributed by atoms with E-state index < -0.39 is 23.7 Å². The molecule has 0 aliphatic carbocycles. The minimum atomic E-state index is -1.03. The summed E-state index contributed by atoms with van der Waals surface area (Å²) in [5.74, 6) is -1.82. The second-order valence-electron chi connectivity index (χ2n) is 4.78. The Morgan fingerprint density at radius 1 is 1.14 bits per heavy atom. The number of ether oxygens (including phenoxy) is 1. The minimum Gasteiger partial charge on any atom is -0.450 e. The van der Waals surface area contributed by atoms with E-state index in [2.05, 4.69) is 4.98 Å². The molecule has 0 unspecified atom stereocenters. The molecule has 0 saturated heterocycles. The summed E-state index contributed by atoms with van der Waals surface area (Å²) in [5.41, 5.74) is 0.686. The van der Waals surface area contributed by atoms with Crippen LogP contribution in [0.25, 0.3) is 0 Å². The zero-order valence-electron chi connectivity index (χ0n) is 12.1. The minimum absolute atomic E-state index is 0.0870. The first-order valence-electron chi connectivity index (χ1n) is 6.58. The topological polar surface area (TPSA) is 76.2 Å². The van der Waals surface area contributed by atoms with Crippen LogP contribution in [-0.2, 0) is 4.74 Å². The average Bonchev–Trinajstić information content (AvgIpc) is 2.97. The van der Waals surface area contributed by atoms with Crippen LogP contribution in [0, 0.1) is 5.82 Å². The number of ketones is 2. The van der Waals surface area contributed by atoms with E-state index in [4.69, 9.17) is 4.74 Å². The zero-order valence-corrected chi connectivity index (χ0v) is 12.1. The largest absolute Gasteiger partial charge is 0.450 e. The summed E-state index contributed by atoms with van der Waals surface area (Å²) in [6, 6.07) is 6.33. The highest BCUT2D eigenvalue weighted by Crippen LogP contribution is 2.11. The zero-order chi connectivity index (χ0) is 16.3. The molecule has 1 heterocycles. The fourth-order valence-electron chi connectivity index (χ4n) is 1.84.